The van der Waals surface area contributed by atoms with Crippen LogP contribution in [0, 0.1) is 6.04 Å². The number of carbonyl (C=O) groups is 1. The maximum atomic E-state index is 10.5. The van der Waals surface area contributed by atoms with Gasteiger partial charge in [-0.05, 0) is 45.8 Å². The van der Waals surface area contributed by atoms with E-state index in [1.807, 2.05) is 6.92 Å². The smallest absolute Gasteiger partial charge is 0.330 e. The van der Waals surface area contributed by atoms with Crippen LogP contribution in [-0.2, 0) is 9.22 Å². The van der Waals surface area contributed by atoms with Crippen molar-refractivity contribution in [1.29, 1.82) is 0 Å². The van der Waals surface area contributed by atoms with Gasteiger partial charge in [-0.2, -0.15) is 0 Å². The van der Waals surface area contributed by atoms with Crippen molar-refractivity contribution in [3.63, 3.8) is 0 Å². The summed E-state index contributed by atoms with van der Waals surface area (Å²) in [6.07, 6.45) is 3.43. The van der Waals surface area contributed by atoms with Crippen LogP contribution in [0.1, 0.15) is 26.7 Å². The van der Waals surface area contributed by atoms with E-state index in [1.54, 1.807) is 13.0 Å². The van der Waals surface area contributed by atoms with Crippen molar-refractivity contribution in [2.75, 3.05) is 6.61 Å². The molecule has 0 aliphatic rings. The molecule has 3 nitrogen and oxygen atoms in total. The van der Waals surface area contributed by atoms with E-state index in [-0.39, 0.29) is 0 Å². The lowest BCUT2D eigenvalue weighted by molar-refractivity contribution is -0.132. The summed E-state index contributed by atoms with van der Waals surface area (Å²) in [5.74, 6) is -0.837. The summed E-state index contributed by atoms with van der Waals surface area (Å²) in [6, 6.07) is 2.21. The van der Waals surface area contributed by atoms with Gasteiger partial charge in [0.2, 0.25) is 0 Å². The third-order valence-corrected chi connectivity index (χ3v) is 4.41. The molecule has 0 saturated carbocycles. The molecule has 0 heterocycles. The molecule has 0 aliphatic heterocycles. The van der Waals surface area contributed by atoms with Crippen LogP contribution < -0.4 is 0 Å². The van der Waals surface area contributed by atoms with Crippen LogP contribution in [0.5, 0.6) is 0 Å². The van der Waals surface area contributed by atoms with Gasteiger partial charge in [0.05, 0.1) is 0 Å². The largest absolute Gasteiger partial charge is 0.478 e. The number of carboxylic acids is 1. The molecular weight excluding hydrogens is 208 g/mol. The summed E-state index contributed by atoms with van der Waals surface area (Å²) in [4.78, 5) is 10.5. The Morgan fingerprint density at radius 3 is 2.47 bits per heavy atom. The molecule has 1 radical (unpaired) electrons. The number of unbranched alkanes of at least 4 members (excludes halogenated alkanes) is 1. The minimum atomic E-state index is -1.60. The first kappa shape index (κ1) is 14.4. The number of allylic oxidation sites excluding steroid dienone is 1. The van der Waals surface area contributed by atoms with E-state index in [0.717, 1.165) is 19.4 Å². The van der Waals surface area contributed by atoms with Gasteiger partial charge in [0.15, 0.2) is 8.32 Å². The maximum Gasteiger partial charge on any atom is 0.330 e. The highest BCUT2D eigenvalue weighted by Gasteiger charge is 2.20. The van der Waals surface area contributed by atoms with Crippen LogP contribution in [0.25, 0.3) is 0 Å². The summed E-state index contributed by atoms with van der Waals surface area (Å²) < 4.78 is 5.63. The first-order valence-corrected chi connectivity index (χ1v) is 8.26. The summed E-state index contributed by atoms with van der Waals surface area (Å²) in [6.45, 7) is 8.65. The molecule has 0 aromatic rings. The molecule has 0 rings (SSSR count). The molecule has 4 heteroatoms. The quantitative estimate of drug-likeness (QED) is 0.415. The van der Waals surface area contributed by atoms with Crippen molar-refractivity contribution < 1.29 is 14.3 Å². The van der Waals surface area contributed by atoms with Crippen molar-refractivity contribution >= 4 is 14.3 Å². The highest BCUT2D eigenvalue weighted by Crippen LogP contribution is 2.13. The molecule has 0 aliphatic carbocycles. The standard InChI is InChI=1S/C11H21O3Si/c1-5-14-15(3,4)9-7-6-8-10(2)11(12)13/h8-9H,5-7H2,1-4H3,(H,12,13). The topological polar surface area (TPSA) is 46.5 Å². The van der Waals surface area contributed by atoms with E-state index < -0.39 is 14.3 Å². The molecule has 0 fully saturated rings. The Balaban J connectivity index is 3.80. The zero-order chi connectivity index (χ0) is 11.9. The van der Waals surface area contributed by atoms with E-state index in [0.29, 0.717) is 5.57 Å². The van der Waals surface area contributed by atoms with Crippen molar-refractivity contribution in [2.24, 2.45) is 0 Å². The van der Waals surface area contributed by atoms with Crippen molar-refractivity contribution in [3.05, 3.63) is 17.7 Å². The average Bonchev–Trinajstić information content (AvgIpc) is 2.11. The Hall–Kier alpha value is -0.613. The van der Waals surface area contributed by atoms with Gasteiger partial charge in [-0.25, -0.2) is 4.79 Å². The minimum Gasteiger partial charge on any atom is -0.478 e. The summed E-state index contributed by atoms with van der Waals surface area (Å²) >= 11 is 0. The first-order valence-electron chi connectivity index (χ1n) is 5.27. The SMILES string of the molecule is CCO[Si](C)(C)[CH]CCC=C(C)C(=O)O. The van der Waals surface area contributed by atoms with Crippen LogP contribution in [-0.4, -0.2) is 26.0 Å². The molecule has 0 unspecified atom stereocenters. The number of hydrogen-bond acceptors (Lipinski definition) is 2. The van der Waals surface area contributed by atoms with Crippen LogP contribution in [0.2, 0.25) is 13.1 Å². The summed E-state index contributed by atoms with van der Waals surface area (Å²) in [7, 11) is -1.60. The summed E-state index contributed by atoms with van der Waals surface area (Å²) in [5, 5.41) is 8.63. The van der Waals surface area contributed by atoms with E-state index >= 15 is 0 Å². The van der Waals surface area contributed by atoms with E-state index in [4.69, 9.17) is 9.53 Å². The third-order valence-electron chi connectivity index (χ3n) is 2.11. The fraction of sp³-hybridized carbons (Fsp3) is 0.636. The van der Waals surface area contributed by atoms with Gasteiger partial charge in [-0.1, -0.05) is 6.08 Å². The molecule has 0 aromatic heterocycles. The van der Waals surface area contributed by atoms with Crippen molar-refractivity contribution in [3.8, 4) is 0 Å². The number of rotatable bonds is 7. The Labute approximate surface area is 93.3 Å². The highest BCUT2D eigenvalue weighted by atomic mass is 28.4. The number of hydrogen-bond donors (Lipinski definition) is 1. The Morgan fingerprint density at radius 2 is 2.00 bits per heavy atom. The Bertz CT molecular complexity index is 234. The van der Waals surface area contributed by atoms with E-state index in [2.05, 4.69) is 19.1 Å². The third kappa shape index (κ3) is 7.33. The lowest BCUT2D eigenvalue weighted by Gasteiger charge is -2.20. The fourth-order valence-corrected chi connectivity index (χ4v) is 2.97. The monoisotopic (exact) mass is 229 g/mol. The van der Waals surface area contributed by atoms with Gasteiger partial charge in [0, 0.05) is 12.2 Å². The predicted molar refractivity (Wildman–Crippen MR) is 64.0 cm³/mol. The second-order valence-electron chi connectivity index (χ2n) is 4.01. The Kier molecular flexibility index (Phi) is 6.52. The predicted octanol–water partition coefficient (Wildman–Crippen LogP) is 2.78. The number of carboxylic acid groups (broad SMARTS) is 1. The molecule has 1 N–H and O–H groups in total. The normalized spacial score (nSPS) is 12.9. The molecule has 87 valence electrons. The minimum absolute atomic E-state index is 0.416. The van der Waals surface area contributed by atoms with Crippen molar-refractivity contribution in [1.82, 2.24) is 0 Å². The van der Waals surface area contributed by atoms with Crippen molar-refractivity contribution in [2.45, 2.75) is 39.8 Å². The van der Waals surface area contributed by atoms with Crippen LogP contribution in [0.3, 0.4) is 0 Å². The van der Waals surface area contributed by atoms with Crippen LogP contribution >= 0.6 is 0 Å². The molecule has 0 atom stereocenters. The molecular formula is C11H21O3Si. The zero-order valence-electron chi connectivity index (χ0n) is 10.0. The molecule has 0 aromatic carbocycles. The van der Waals surface area contributed by atoms with E-state index in [9.17, 15) is 4.79 Å². The zero-order valence-corrected chi connectivity index (χ0v) is 11.0. The average molecular weight is 229 g/mol. The van der Waals surface area contributed by atoms with Gasteiger partial charge in [0.25, 0.3) is 0 Å². The van der Waals surface area contributed by atoms with Gasteiger partial charge < -0.3 is 9.53 Å². The summed E-state index contributed by atoms with van der Waals surface area (Å²) in [5.41, 5.74) is 0.416. The van der Waals surface area contributed by atoms with Gasteiger partial charge in [-0.15, -0.1) is 0 Å². The fourth-order valence-electron chi connectivity index (χ4n) is 1.25. The Morgan fingerprint density at radius 1 is 1.40 bits per heavy atom. The molecule has 0 bridgehead atoms. The molecule has 0 amide bonds. The first-order chi connectivity index (χ1) is 6.89. The van der Waals surface area contributed by atoms with E-state index in [1.165, 1.54) is 0 Å². The molecule has 15 heavy (non-hydrogen) atoms. The van der Waals surface area contributed by atoms with Gasteiger partial charge >= 0.3 is 5.97 Å². The maximum absolute atomic E-state index is 10.5. The van der Waals surface area contributed by atoms with Crippen LogP contribution in [0.15, 0.2) is 11.6 Å². The second-order valence-corrected chi connectivity index (χ2v) is 7.91. The second kappa shape index (κ2) is 6.79. The van der Waals surface area contributed by atoms with Gasteiger partial charge in [-0.3, -0.25) is 0 Å². The lowest BCUT2D eigenvalue weighted by atomic mass is 10.2. The van der Waals surface area contributed by atoms with Gasteiger partial charge in [0.1, 0.15) is 0 Å². The lowest BCUT2D eigenvalue weighted by Crippen LogP contribution is -2.31. The molecule has 0 saturated heterocycles. The number of aliphatic carboxylic acids is 1. The van der Waals surface area contributed by atoms with Crippen LogP contribution in [0.4, 0.5) is 0 Å². The molecule has 0 spiro atoms. The highest BCUT2D eigenvalue weighted by molar-refractivity contribution is 6.74.